The van der Waals surface area contributed by atoms with Crippen LogP contribution >= 0.6 is 11.8 Å². The minimum absolute atomic E-state index is 0.0372. The summed E-state index contributed by atoms with van der Waals surface area (Å²) in [5, 5.41) is 1.42. The Labute approximate surface area is 213 Å². The largest absolute Gasteiger partial charge is 0.573 e. The van der Waals surface area contributed by atoms with Crippen LogP contribution in [0.1, 0.15) is 62.8 Å². The van der Waals surface area contributed by atoms with Gasteiger partial charge in [-0.1, -0.05) is 33.8 Å². The Bertz CT molecular complexity index is 1320. The number of rotatable bonds is 3. The second-order valence-electron chi connectivity index (χ2n) is 10.4. The van der Waals surface area contributed by atoms with Crippen molar-refractivity contribution in [3.05, 3.63) is 57.5 Å². The van der Waals surface area contributed by atoms with E-state index in [1.54, 1.807) is 0 Å². The third kappa shape index (κ3) is 5.51. The number of thioether (sulfide) groups is 1. The molecule has 0 saturated carbocycles. The molecule has 4 nitrogen and oxygen atoms in total. The van der Waals surface area contributed by atoms with Crippen LogP contribution in [0, 0.1) is 0 Å². The average Bonchev–Trinajstić information content (AvgIpc) is 3.06. The van der Waals surface area contributed by atoms with Gasteiger partial charge in [0.1, 0.15) is 5.75 Å². The van der Waals surface area contributed by atoms with Crippen LogP contribution in [0.4, 0.5) is 31.1 Å². The lowest BCUT2D eigenvalue weighted by Crippen LogP contribution is -2.34. The van der Waals surface area contributed by atoms with E-state index in [4.69, 9.17) is 0 Å². The predicted molar refractivity (Wildman–Crippen MR) is 128 cm³/mol. The lowest BCUT2D eigenvalue weighted by atomic mass is 9.62. The van der Waals surface area contributed by atoms with Gasteiger partial charge in [-0.2, -0.15) is 13.2 Å². The summed E-state index contributed by atoms with van der Waals surface area (Å²) in [5.41, 5.74) is -1.83. The zero-order valence-electron chi connectivity index (χ0n) is 20.3. The van der Waals surface area contributed by atoms with Crippen molar-refractivity contribution in [2.45, 2.75) is 63.9 Å². The Hall–Kier alpha value is -2.95. The van der Waals surface area contributed by atoms with Crippen molar-refractivity contribution < 1.29 is 40.7 Å². The average molecular weight is 544 g/mol. The van der Waals surface area contributed by atoms with E-state index in [-0.39, 0.29) is 10.5 Å². The zero-order chi connectivity index (χ0) is 27.6. The van der Waals surface area contributed by atoms with Gasteiger partial charge in [0, 0.05) is 5.56 Å². The Morgan fingerprint density at radius 2 is 1.49 bits per heavy atom. The molecule has 1 aliphatic carbocycles. The fraction of sp³-hybridized carbons (Fsp3) is 0.385. The van der Waals surface area contributed by atoms with E-state index in [0.29, 0.717) is 35.7 Å². The van der Waals surface area contributed by atoms with Gasteiger partial charge in [0.05, 0.1) is 10.5 Å². The highest BCUT2D eigenvalue weighted by molar-refractivity contribution is 8.18. The van der Waals surface area contributed by atoms with Crippen LogP contribution < -0.4 is 10.1 Å². The predicted octanol–water partition coefficient (Wildman–Crippen LogP) is 7.94. The van der Waals surface area contributed by atoms with Gasteiger partial charge in [-0.05, 0) is 88.0 Å². The second-order valence-corrected chi connectivity index (χ2v) is 11.4. The van der Waals surface area contributed by atoms with Crippen LogP contribution in [0.25, 0.3) is 17.2 Å². The molecule has 2 amide bonds. The summed E-state index contributed by atoms with van der Waals surface area (Å²) in [4.78, 5) is 23.4. The maximum Gasteiger partial charge on any atom is 0.573 e. The van der Waals surface area contributed by atoms with Gasteiger partial charge in [0.25, 0.3) is 11.1 Å². The maximum absolute atomic E-state index is 14.4. The van der Waals surface area contributed by atoms with E-state index in [2.05, 4.69) is 10.1 Å². The van der Waals surface area contributed by atoms with Gasteiger partial charge in [0.15, 0.2) is 0 Å². The normalized spacial score (nSPS) is 20.1. The van der Waals surface area contributed by atoms with Crippen LogP contribution in [0.2, 0.25) is 0 Å². The smallest absolute Gasteiger partial charge is 0.405 e. The van der Waals surface area contributed by atoms with Gasteiger partial charge in [-0.25, -0.2) is 0 Å². The highest BCUT2D eigenvalue weighted by Gasteiger charge is 2.43. The molecule has 1 fully saturated rings. The first-order chi connectivity index (χ1) is 16.9. The van der Waals surface area contributed by atoms with E-state index >= 15 is 0 Å². The molecule has 37 heavy (non-hydrogen) atoms. The van der Waals surface area contributed by atoms with Crippen LogP contribution in [-0.4, -0.2) is 17.5 Å². The molecule has 2 aliphatic rings. The van der Waals surface area contributed by atoms with Gasteiger partial charge >= 0.3 is 12.5 Å². The molecule has 0 bridgehead atoms. The van der Waals surface area contributed by atoms with E-state index in [1.807, 2.05) is 27.7 Å². The molecule has 2 aromatic carbocycles. The van der Waals surface area contributed by atoms with E-state index < -0.39 is 57.0 Å². The number of halogens is 6. The summed E-state index contributed by atoms with van der Waals surface area (Å²) >= 11 is 0.580. The van der Waals surface area contributed by atoms with Gasteiger partial charge in [-0.15, -0.1) is 13.2 Å². The zero-order valence-corrected chi connectivity index (χ0v) is 21.1. The minimum atomic E-state index is -5.16. The summed E-state index contributed by atoms with van der Waals surface area (Å²) < 4.78 is 87.0. The third-order valence-corrected chi connectivity index (χ3v) is 7.57. The van der Waals surface area contributed by atoms with Crippen LogP contribution in [-0.2, 0) is 21.8 Å². The summed E-state index contributed by atoms with van der Waals surface area (Å²) in [6, 6.07) is 5.53. The van der Waals surface area contributed by atoms with Crippen molar-refractivity contribution in [3.63, 3.8) is 0 Å². The quantitative estimate of drug-likeness (QED) is 0.315. The first kappa shape index (κ1) is 27.1. The monoisotopic (exact) mass is 543 g/mol. The SMILES string of the molecule is CC1(C)CCC(C)(C)c2cc(C(F)(F)F)c(-c3cc(/C=C4/SC(=O)NC4=O)ccc3OC(F)(F)F)cc21. The molecule has 1 aliphatic heterocycles. The summed E-state index contributed by atoms with van der Waals surface area (Å²) in [6.45, 7) is 7.47. The lowest BCUT2D eigenvalue weighted by Gasteiger charge is -2.42. The number of hydrogen-bond acceptors (Lipinski definition) is 4. The number of fused-ring (bicyclic) bond motifs is 1. The number of imide groups is 1. The molecule has 198 valence electrons. The fourth-order valence-electron chi connectivity index (χ4n) is 4.71. The van der Waals surface area contributed by atoms with E-state index in [1.165, 1.54) is 18.2 Å². The lowest BCUT2D eigenvalue weighted by molar-refractivity contribution is -0.274. The number of alkyl halides is 6. The first-order valence-electron chi connectivity index (χ1n) is 11.3. The molecular weight excluding hydrogens is 520 g/mol. The Balaban J connectivity index is 2.01. The molecule has 4 rings (SSSR count). The van der Waals surface area contributed by atoms with Gasteiger partial charge in [0.2, 0.25) is 0 Å². The summed E-state index contributed by atoms with van der Waals surface area (Å²) in [7, 11) is 0. The third-order valence-electron chi connectivity index (χ3n) is 6.76. The molecule has 0 radical (unpaired) electrons. The van der Waals surface area contributed by atoms with Crippen molar-refractivity contribution >= 4 is 29.0 Å². The molecule has 1 heterocycles. The molecular formula is C26H23F6NO3S. The maximum atomic E-state index is 14.4. The summed E-state index contributed by atoms with van der Waals surface area (Å²) in [6.07, 6.45) is -7.48. The van der Waals surface area contributed by atoms with Crippen molar-refractivity contribution in [3.8, 4) is 16.9 Å². The number of carbonyl (C=O) groups is 2. The molecule has 1 N–H and O–H groups in total. The second kappa shape index (κ2) is 8.82. The molecule has 0 spiro atoms. The van der Waals surface area contributed by atoms with Crippen molar-refractivity contribution in [1.29, 1.82) is 0 Å². The number of hydrogen-bond donors (Lipinski definition) is 1. The van der Waals surface area contributed by atoms with E-state index in [9.17, 15) is 35.9 Å². The minimum Gasteiger partial charge on any atom is -0.405 e. The Morgan fingerprint density at radius 1 is 0.892 bits per heavy atom. The van der Waals surface area contributed by atoms with Crippen molar-refractivity contribution in [2.24, 2.45) is 0 Å². The number of amides is 2. The molecule has 0 atom stereocenters. The molecule has 2 aromatic rings. The highest BCUT2D eigenvalue weighted by atomic mass is 32.2. The van der Waals surface area contributed by atoms with Crippen LogP contribution in [0.15, 0.2) is 35.2 Å². The highest BCUT2D eigenvalue weighted by Crippen LogP contribution is 2.51. The van der Waals surface area contributed by atoms with E-state index in [0.717, 1.165) is 18.2 Å². The van der Waals surface area contributed by atoms with Crippen molar-refractivity contribution in [1.82, 2.24) is 5.32 Å². The van der Waals surface area contributed by atoms with Crippen LogP contribution in [0.3, 0.4) is 0 Å². The molecule has 11 heteroatoms. The summed E-state index contributed by atoms with van der Waals surface area (Å²) in [5.74, 6) is -1.52. The molecule has 0 unspecified atom stereocenters. The van der Waals surface area contributed by atoms with Crippen LogP contribution in [0.5, 0.6) is 5.75 Å². The number of ether oxygens (including phenoxy) is 1. The van der Waals surface area contributed by atoms with Crippen molar-refractivity contribution in [2.75, 3.05) is 0 Å². The number of benzene rings is 2. The first-order valence-corrected chi connectivity index (χ1v) is 12.1. The fourth-order valence-corrected chi connectivity index (χ4v) is 5.39. The Kier molecular flexibility index (Phi) is 6.46. The van der Waals surface area contributed by atoms with Gasteiger partial charge in [-0.3, -0.25) is 14.9 Å². The topological polar surface area (TPSA) is 55.4 Å². The van der Waals surface area contributed by atoms with Gasteiger partial charge < -0.3 is 4.74 Å². The standard InChI is InChI=1S/C26H23F6NO3S/c1-23(2)7-8-24(3,4)18-12-16(25(27,28)29)14(11-17(18)23)15-9-13(5-6-19(15)36-26(30,31)32)10-20-21(34)33-22(35)37-20/h5-6,9-12H,7-8H2,1-4H3,(H,33,34,35)/b20-10+. The molecule has 0 aromatic heterocycles. The number of nitrogens with one attached hydrogen (secondary N) is 1. The molecule has 1 saturated heterocycles. The Morgan fingerprint density at radius 3 is 2.00 bits per heavy atom. The number of carbonyl (C=O) groups excluding carboxylic acids is 2.